The topological polar surface area (TPSA) is 89.3 Å². The summed E-state index contributed by atoms with van der Waals surface area (Å²) < 4.78 is 6.00. The number of ether oxygens (including phenoxy) is 1. The van der Waals surface area contributed by atoms with Crippen molar-refractivity contribution in [1.82, 2.24) is 19.6 Å². The number of hydrogen-bond acceptors (Lipinski definition) is 5. The van der Waals surface area contributed by atoms with Crippen LogP contribution in [0, 0.1) is 6.92 Å². The first-order valence-corrected chi connectivity index (χ1v) is 5.20. The molecule has 0 unspecified atom stereocenters. The van der Waals surface area contributed by atoms with Crippen LogP contribution in [0.5, 0.6) is 0 Å². The number of rotatable bonds is 3. The molecule has 0 spiro atoms. The maximum absolute atomic E-state index is 12.0. The van der Waals surface area contributed by atoms with E-state index in [9.17, 15) is 9.59 Å². The van der Waals surface area contributed by atoms with Gasteiger partial charge in [0.15, 0.2) is 0 Å². The van der Waals surface area contributed by atoms with E-state index in [1.165, 1.54) is 10.8 Å². The lowest BCUT2D eigenvalue weighted by atomic mass is 10.2. The first-order chi connectivity index (χ1) is 8.13. The van der Waals surface area contributed by atoms with Gasteiger partial charge in [-0.2, -0.15) is 4.52 Å². The Kier molecular flexibility index (Phi) is 2.90. The number of aromatic amines is 1. The third-order valence-electron chi connectivity index (χ3n) is 2.36. The number of fused-ring (bicyclic) bond motifs is 1. The summed E-state index contributed by atoms with van der Waals surface area (Å²) in [4.78, 5) is 31.4. The molecular weight excluding hydrogens is 224 g/mol. The van der Waals surface area contributed by atoms with Crippen LogP contribution in [-0.2, 0) is 16.0 Å². The van der Waals surface area contributed by atoms with Crippen molar-refractivity contribution < 1.29 is 9.53 Å². The summed E-state index contributed by atoms with van der Waals surface area (Å²) in [5, 5.41) is 2.64. The lowest BCUT2D eigenvalue weighted by Crippen LogP contribution is -2.24. The molecule has 2 rings (SSSR count). The zero-order valence-electron chi connectivity index (χ0n) is 9.56. The van der Waals surface area contributed by atoms with E-state index in [1.807, 2.05) is 0 Å². The molecule has 0 saturated carbocycles. The van der Waals surface area contributed by atoms with Crippen molar-refractivity contribution in [3.05, 3.63) is 27.9 Å². The molecule has 7 nitrogen and oxygen atoms in total. The highest BCUT2D eigenvalue weighted by molar-refractivity contribution is 5.72. The summed E-state index contributed by atoms with van der Waals surface area (Å²) in [6.07, 6.45) is 1.30. The minimum atomic E-state index is -0.436. The number of H-pyrrole nitrogens is 1. The van der Waals surface area contributed by atoms with E-state index in [4.69, 9.17) is 4.74 Å². The Morgan fingerprint density at radius 2 is 2.35 bits per heavy atom. The first kappa shape index (κ1) is 11.3. The van der Waals surface area contributed by atoms with E-state index in [0.29, 0.717) is 23.6 Å². The molecular formula is C10H12N4O3. The maximum Gasteiger partial charge on any atom is 0.310 e. The second-order valence-electron chi connectivity index (χ2n) is 3.49. The van der Waals surface area contributed by atoms with Crippen LogP contribution in [0.1, 0.15) is 18.2 Å². The van der Waals surface area contributed by atoms with Crippen molar-refractivity contribution in [2.45, 2.75) is 20.3 Å². The van der Waals surface area contributed by atoms with Crippen LogP contribution in [0.2, 0.25) is 0 Å². The summed E-state index contributed by atoms with van der Waals surface area (Å²) in [6.45, 7) is 3.68. The van der Waals surface area contributed by atoms with Gasteiger partial charge in [-0.15, -0.1) is 0 Å². The van der Waals surface area contributed by atoms with E-state index in [0.717, 1.165) is 0 Å². The first-order valence-electron chi connectivity index (χ1n) is 5.20. The number of carbonyl (C=O) groups is 1. The Hall–Kier alpha value is -2.18. The SMILES string of the molecule is CCOC(=O)Cc1c(C)nc2nc[nH]n2c1=O. The standard InChI is InChI=1S/C10H12N4O3/c1-3-17-8(15)4-7-6(2)13-10-11-5-12-14(10)9(7)16/h5H,3-4H2,1-2H3,(H,11,12,13). The van der Waals surface area contributed by atoms with E-state index >= 15 is 0 Å². The van der Waals surface area contributed by atoms with Gasteiger partial charge in [-0.1, -0.05) is 0 Å². The van der Waals surface area contributed by atoms with Gasteiger partial charge < -0.3 is 4.74 Å². The number of nitrogens with zero attached hydrogens (tertiary/aromatic N) is 3. The zero-order chi connectivity index (χ0) is 12.4. The molecule has 2 aromatic heterocycles. The van der Waals surface area contributed by atoms with Crippen LogP contribution in [0.3, 0.4) is 0 Å². The van der Waals surface area contributed by atoms with Crippen LogP contribution < -0.4 is 5.56 Å². The Balaban J connectivity index is 2.46. The fourth-order valence-electron chi connectivity index (χ4n) is 1.56. The van der Waals surface area contributed by atoms with Gasteiger partial charge in [0.1, 0.15) is 6.33 Å². The van der Waals surface area contributed by atoms with Gasteiger partial charge in [0.05, 0.1) is 24.3 Å². The summed E-state index contributed by atoms with van der Waals surface area (Å²) in [7, 11) is 0. The van der Waals surface area contributed by atoms with Crippen LogP contribution in [0.4, 0.5) is 0 Å². The molecule has 0 aromatic carbocycles. The Labute approximate surface area is 96.4 Å². The fraction of sp³-hybridized carbons (Fsp3) is 0.400. The van der Waals surface area contributed by atoms with Crippen LogP contribution in [-0.4, -0.2) is 32.2 Å². The average molecular weight is 236 g/mol. The predicted molar refractivity (Wildman–Crippen MR) is 58.7 cm³/mol. The van der Waals surface area contributed by atoms with Crippen molar-refractivity contribution in [2.24, 2.45) is 0 Å². The monoisotopic (exact) mass is 236 g/mol. The van der Waals surface area contributed by atoms with Gasteiger partial charge in [-0.25, -0.2) is 9.97 Å². The highest BCUT2D eigenvalue weighted by Gasteiger charge is 2.15. The molecule has 0 aliphatic rings. The average Bonchev–Trinajstić information content (AvgIpc) is 2.72. The van der Waals surface area contributed by atoms with Gasteiger partial charge in [0, 0.05) is 0 Å². The van der Waals surface area contributed by atoms with Gasteiger partial charge in [0.25, 0.3) is 11.3 Å². The molecule has 0 atom stereocenters. The van der Waals surface area contributed by atoms with Gasteiger partial charge in [-0.3, -0.25) is 14.7 Å². The molecule has 90 valence electrons. The van der Waals surface area contributed by atoms with Crippen molar-refractivity contribution in [3.63, 3.8) is 0 Å². The number of hydrogen-bond donors (Lipinski definition) is 1. The molecule has 0 radical (unpaired) electrons. The van der Waals surface area contributed by atoms with Gasteiger partial charge in [-0.05, 0) is 13.8 Å². The molecule has 0 bridgehead atoms. The van der Waals surface area contributed by atoms with Crippen LogP contribution in [0.15, 0.2) is 11.1 Å². The molecule has 17 heavy (non-hydrogen) atoms. The van der Waals surface area contributed by atoms with E-state index in [1.54, 1.807) is 13.8 Å². The van der Waals surface area contributed by atoms with Gasteiger partial charge >= 0.3 is 5.97 Å². The number of aromatic nitrogens is 4. The fourth-order valence-corrected chi connectivity index (χ4v) is 1.56. The Bertz CT molecular complexity index is 614. The van der Waals surface area contributed by atoms with Crippen molar-refractivity contribution in [2.75, 3.05) is 6.61 Å². The normalized spacial score (nSPS) is 10.7. The summed E-state index contributed by atoms with van der Waals surface area (Å²) >= 11 is 0. The van der Waals surface area contributed by atoms with E-state index < -0.39 is 5.97 Å². The molecule has 0 fully saturated rings. The second kappa shape index (κ2) is 4.36. The third-order valence-corrected chi connectivity index (χ3v) is 2.36. The van der Waals surface area contributed by atoms with Crippen molar-refractivity contribution in [1.29, 1.82) is 0 Å². The van der Waals surface area contributed by atoms with Crippen molar-refractivity contribution in [3.8, 4) is 0 Å². The predicted octanol–water partition coefficient (Wildman–Crippen LogP) is -0.168. The van der Waals surface area contributed by atoms with Gasteiger partial charge in [0.2, 0.25) is 0 Å². The number of esters is 1. The number of carbonyl (C=O) groups excluding carboxylic acids is 1. The molecule has 7 heteroatoms. The van der Waals surface area contributed by atoms with E-state index in [2.05, 4.69) is 15.1 Å². The minimum Gasteiger partial charge on any atom is -0.466 e. The lowest BCUT2D eigenvalue weighted by Gasteiger charge is -2.04. The largest absolute Gasteiger partial charge is 0.466 e. The van der Waals surface area contributed by atoms with E-state index in [-0.39, 0.29) is 12.0 Å². The lowest BCUT2D eigenvalue weighted by molar-refractivity contribution is -0.142. The molecule has 2 aromatic rings. The molecule has 0 amide bonds. The minimum absolute atomic E-state index is 0.0759. The molecule has 0 saturated heterocycles. The maximum atomic E-state index is 12.0. The Morgan fingerprint density at radius 3 is 3.06 bits per heavy atom. The summed E-state index contributed by atoms with van der Waals surface area (Å²) in [5.41, 5.74) is 0.499. The van der Waals surface area contributed by atoms with Crippen LogP contribution in [0.25, 0.3) is 5.78 Å². The molecule has 1 N–H and O–H groups in total. The number of aryl methyl sites for hydroxylation is 1. The molecule has 0 aliphatic carbocycles. The van der Waals surface area contributed by atoms with Crippen LogP contribution >= 0.6 is 0 Å². The summed E-state index contributed by atoms with van der Waals surface area (Å²) in [5.74, 6) is -0.144. The summed E-state index contributed by atoms with van der Waals surface area (Å²) in [6, 6.07) is 0. The molecule has 2 heterocycles. The smallest absolute Gasteiger partial charge is 0.310 e. The number of nitrogens with one attached hydrogen (secondary N) is 1. The third kappa shape index (κ3) is 2.03. The quantitative estimate of drug-likeness (QED) is 0.747. The highest BCUT2D eigenvalue weighted by Crippen LogP contribution is 2.02. The van der Waals surface area contributed by atoms with Crippen molar-refractivity contribution >= 4 is 11.7 Å². The zero-order valence-corrected chi connectivity index (χ0v) is 9.56. The Morgan fingerprint density at radius 1 is 1.59 bits per heavy atom. The molecule has 0 aliphatic heterocycles. The highest BCUT2D eigenvalue weighted by atomic mass is 16.5. The second-order valence-corrected chi connectivity index (χ2v) is 3.49.